The number of epoxide rings is 1. The van der Waals surface area contributed by atoms with Gasteiger partial charge in [-0.3, -0.25) is 24.0 Å². The van der Waals surface area contributed by atoms with E-state index >= 15 is 0 Å². The summed E-state index contributed by atoms with van der Waals surface area (Å²) in [6.45, 7) is 11.9. The number of carbonyl (C=O) groups excluding carboxylic acids is 7. The van der Waals surface area contributed by atoms with Gasteiger partial charge in [0.05, 0.1) is 29.6 Å². The normalized spacial score (nSPS) is 44.3. The van der Waals surface area contributed by atoms with Crippen LogP contribution in [0.3, 0.4) is 0 Å². The zero-order chi connectivity index (χ0) is 43.1. The van der Waals surface area contributed by atoms with Crippen molar-refractivity contribution in [2.45, 2.75) is 129 Å². The highest BCUT2D eigenvalue weighted by Crippen LogP contribution is 2.79. The van der Waals surface area contributed by atoms with E-state index in [9.17, 15) is 43.9 Å². The van der Waals surface area contributed by atoms with Gasteiger partial charge >= 0.3 is 41.8 Å². The molecular weight excluding hydrogens is 762 g/mol. The number of nitriles is 1. The smallest absolute Gasteiger partial charge is 0.342 e. The molecule has 0 spiro atoms. The minimum absolute atomic E-state index is 0.101. The Morgan fingerprint density at radius 2 is 1.50 bits per heavy atom. The lowest BCUT2D eigenvalue weighted by atomic mass is 9.31. The molecule has 1 saturated heterocycles. The molecule has 17 nitrogen and oxygen atoms in total. The van der Waals surface area contributed by atoms with Crippen LogP contribution < -0.4 is 0 Å². The van der Waals surface area contributed by atoms with Gasteiger partial charge in [-0.15, -0.1) is 0 Å². The first-order valence-corrected chi connectivity index (χ1v) is 19.3. The second-order valence-electron chi connectivity index (χ2n) is 17.3. The fourth-order valence-corrected chi connectivity index (χ4v) is 12.8. The molecule has 2 aliphatic heterocycles. The van der Waals surface area contributed by atoms with Crippen LogP contribution in [-0.4, -0.2) is 108 Å². The first-order valence-electron chi connectivity index (χ1n) is 19.3. The summed E-state index contributed by atoms with van der Waals surface area (Å²) in [5.41, 5.74) is -10.3. The minimum Gasteiger partial charge on any atom is -0.467 e. The number of carbonyl (C=O) groups is 7. The molecular formula is C41H51NO16. The molecule has 6 aliphatic rings. The molecule has 316 valence electrons. The van der Waals surface area contributed by atoms with Gasteiger partial charge in [0.1, 0.15) is 31.0 Å². The summed E-state index contributed by atoms with van der Waals surface area (Å²) < 4.78 is 47.9. The van der Waals surface area contributed by atoms with E-state index in [1.807, 2.05) is 13.0 Å². The predicted molar refractivity (Wildman–Crippen MR) is 193 cm³/mol. The van der Waals surface area contributed by atoms with Crippen LogP contribution in [0.1, 0.15) is 81.6 Å². The number of cyclic esters (lactones) is 1. The third kappa shape index (κ3) is 5.64. The summed E-state index contributed by atoms with van der Waals surface area (Å²) in [4.78, 5) is 93.1. The van der Waals surface area contributed by atoms with E-state index in [2.05, 4.69) is 0 Å². The van der Waals surface area contributed by atoms with Crippen LogP contribution in [0.4, 0.5) is 0 Å². The zero-order valence-corrected chi connectivity index (χ0v) is 34.3. The molecule has 2 heterocycles. The Hall–Kier alpha value is -4.82. The molecule has 15 atom stereocenters. The molecule has 0 amide bonds. The van der Waals surface area contributed by atoms with Gasteiger partial charge < -0.3 is 43.0 Å². The lowest BCUT2D eigenvalue weighted by molar-refractivity contribution is -0.357. The number of nitrogens with zero attached hydrogens (tertiary/aromatic N) is 1. The van der Waals surface area contributed by atoms with Crippen LogP contribution in [0.15, 0.2) is 23.8 Å². The van der Waals surface area contributed by atoms with Gasteiger partial charge in [0.15, 0.2) is 12.2 Å². The fraction of sp³-hybridized carbons (Fsp3) is 0.707. The predicted octanol–water partition coefficient (Wildman–Crippen LogP) is 2.35. The number of hydrogen-bond donors (Lipinski definition) is 1. The van der Waals surface area contributed by atoms with Crippen molar-refractivity contribution in [2.24, 2.45) is 39.4 Å². The van der Waals surface area contributed by atoms with Crippen molar-refractivity contribution in [1.82, 2.24) is 0 Å². The largest absolute Gasteiger partial charge is 0.467 e. The average Bonchev–Trinajstić information content (AvgIpc) is 3.90. The van der Waals surface area contributed by atoms with Gasteiger partial charge in [-0.1, -0.05) is 19.9 Å². The van der Waals surface area contributed by atoms with Crippen LogP contribution in [0.2, 0.25) is 0 Å². The highest BCUT2D eigenvalue weighted by molar-refractivity contribution is 5.87. The Morgan fingerprint density at radius 3 is 2.05 bits per heavy atom. The monoisotopic (exact) mass is 813 g/mol. The topological polar surface area (TPSA) is 241 Å². The van der Waals surface area contributed by atoms with Gasteiger partial charge in [-0.2, -0.15) is 5.26 Å². The number of fused-ring (bicyclic) bond motifs is 9. The van der Waals surface area contributed by atoms with Crippen LogP contribution in [0.5, 0.6) is 0 Å². The molecule has 2 unspecified atom stereocenters. The van der Waals surface area contributed by atoms with E-state index in [0.717, 1.165) is 34.8 Å². The van der Waals surface area contributed by atoms with E-state index in [4.69, 9.17) is 37.9 Å². The molecule has 17 heteroatoms. The maximum atomic E-state index is 14.1. The second kappa shape index (κ2) is 14.2. The van der Waals surface area contributed by atoms with Crippen molar-refractivity contribution in [3.63, 3.8) is 0 Å². The van der Waals surface area contributed by atoms with Crippen molar-refractivity contribution in [1.29, 1.82) is 5.26 Å². The lowest BCUT2D eigenvalue weighted by Gasteiger charge is -2.74. The number of rotatable bonds is 7. The number of aliphatic hydroxyl groups is 1. The molecule has 0 bridgehead atoms. The van der Waals surface area contributed by atoms with E-state index in [1.165, 1.54) is 26.0 Å². The molecule has 6 rings (SSSR count). The summed E-state index contributed by atoms with van der Waals surface area (Å²) in [6.07, 6.45) is -4.42. The Labute approximate surface area is 335 Å². The van der Waals surface area contributed by atoms with Gasteiger partial charge in [-0.05, 0) is 49.5 Å². The third-order valence-corrected chi connectivity index (χ3v) is 14.6. The van der Waals surface area contributed by atoms with E-state index in [-0.39, 0.29) is 24.8 Å². The summed E-state index contributed by atoms with van der Waals surface area (Å²) >= 11 is 0. The van der Waals surface area contributed by atoms with Gasteiger partial charge in [0, 0.05) is 64.5 Å². The van der Waals surface area contributed by atoms with E-state index in [0.29, 0.717) is 0 Å². The number of esters is 7. The molecule has 0 aromatic carbocycles. The number of methoxy groups -OCH3 is 1. The van der Waals surface area contributed by atoms with Crippen molar-refractivity contribution in [3.05, 3.63) is 23.8 Å². The first kappa shape index (κ1) is 42.8. The quantitative estimate of drug-likeness (QED) is 0.168. The van der Waals surface area contributed by atoms with Crippen LogP contribution >= 0.6 is 0 Å². The maximum Gasteiger partial charge on any atom is 0.342 e. The molecule has 0 radical (unpaired) electrons. The first-order chi connectivity index (χ1) is 27.0. The molecule has 58 heavy (non-hydrogen) atoms. The summed E-state index contributed by atoms with van der Waals surface area (Å²) in [6, 6.07) is 1.98. The van der Waals surface area contributed by atoms with Crippen molar-refractivity contribution in [2.75, 3.05) is 13.7 Å². The molecule has 0 aromatic heterocycles. The van der Waals surface area contributed by atoms with Gasteiger partial charge in [-0.25, -0.2) is 9.59 Å². The zero-order valence-electron chi connectivity index (χ0n) is 34.3. The summed E-state index contributed by atoms with van der Waals surface area (Å²) in [5, 5.41) is 23.6. The summed E-state index contributed by atoms with van der Waals surface area (Å²) in [5.74, 6) is -8.73. The third-order valence-electron chi connectivity index (χ3n) is 14.6. The Morgan fingerprint density at radius 1 is 0.914 bits per heavy atom. The Balaban J connectivity index is 1.74. The number of hydrogen-bond acceptors (Lipinski definition) is 17. The Bertz CT molecular complexity index is 1940. The lowest BCUT2D eigenvalue weighted by Crippen LogP contribution is -2.84. The fourth-order valence-electron chi connectivity index (χ4n) is 12.8. The number of ether oxygens (including phenoxy) is 8. The molecule has 5 fully saturated rings. The van der Waals surface area contributed by atoms with Crippen molar-refractivity contribution < 1.29 is 76.6 Å². The van der Waals surface area contributed by atoms with E-state index in [1.54, 1.807) is 19.9 Å². The molecule has 4 aliphatic carbocycles. The van der Waals surface area contributed by atoms with Gasteiger partial charge in [0.25, 0.3) is 0 Å². The Kier molecular flexibility index (Phi) is 10.5. The highest BCUT2D eigenvalue weighted by atomic mass is 16.7. The second-order valence-corrected chi connectivity index (χ2v) is 17.3. The van der Waals surface area contributed by atoms with Crippen LogP contribution in [0.25, 0.3) is 0 Å². The maximum absolute atomic E-state index is 14.1. The molecule has 4 saturated carbocycles. The summed E-state index contributed by atoms with van der Waals surface area (Å²) in [7, 11) is 1.13. The van der Waals surface area contributed by atoms with Crippen LogP contribution in [-0.2, 0) is 71.5 Å². The van der Waals surface area contributed by atoms with Crippen LogP contribution in [0, 0.1) is 50.7 Å². The SMILES string of the molecule is COC(=O)[C@@]12OC1/C(=C\C#N)C[C@@]1(O)[C@@H]3CC[C@@]4(C)[C@@H]5C=CC(=O)OC[C@]5(C(C)OC(C)=O)[C@@H](OC(C)=O)[C@@H](OC(C)=O)[C@@H]4[C@@]3(C)[C@H](OC(C)=O)[C@H](OC(C)=O)[C@@]21C. The number of allylic oxidation sites excluding steroid dienone is 2. The standard InChI is InChI=1S/C41H51NO16/c1-19(53-20(2)43)39-18-52-28(48)12-11-26(39)36(7)15-13-27-37(8,30(36)29(54-21(3)44)32(39)55-22(4)45)33(56-23(5)46)34(57-24(6)47)38(9)40(27,50)17-25(14-16-42)31-41(38,58-31)35(49)51-10/h11-12,14,19,26-27,29-34,50H,13,15,17-18H2,1-10H3/b25-14-/t19?,26-,27+,29-,30-,31?,32-,33+,34-,36-,37-,38+,39+,40+,41-/m0/s1. The molecule has 0 aromatic rings. The van der Waals surface area contributed by atoms with Crippen molar-refractivity contribution >= 4 is 41.8 Å². The molecule has 1 N–H and O–H groups in total. The highest BCUT2D eigenvalue weighted by Gasteiger charge is 2.91. The van der Waals surface area contributed by atoms with Gasteiger partial charge in [0.2, 0.25) is 5.60 Å². The minimum atomic E-state index is -2.13. The van der Waals surface area contributed by atoms with E-state index < -0.39 is 136 Å². The van der Waals surface area contributed by atoms with Crippen molar-refractivity contribution in [3.8, 4) is 6.07 Å². The average molecular weight is 814 g/mol.